The monoisotopic (exact) mass is 402 g/mol. The van der Waals surface area contributed by atoms with Gasteiger partial charge in [-0.3, -0.25) is 4.90 Å². The molecule has 0 spiro atoms. The Balaban J connectivity index is 1.61. The van der Waals surface area contributed by atoms with Crippen molar-refractivity contribution >= 4 is 20.0 Å². The van der Waals surface area contributed by atoms with Crippen molar-refractivity contribution < 1.29 is 16.8 Å². The molecule has 2 fully saturated rings. The summed E-state index contributed by atoms with van der Waals surface area (Å²) in [6.45, 7) is 3.97. The minimum atomic E-state index is -3.47. The molecule has 1 aromatic carbocycles. The number of hydrogen-bond acceptors (Lipinski definition) is 6. The molecule has 8 nitrogen and oxygen atoms in total. The van der Waals surface area contributed by atoms with Gasteiger partial charge >= 0.3 is 0 Å². The standard InChI is InChI=1S/C16H26N4O4S2/c1-18(2)25(21,22)15-5-3-4-14(10-15)11-19-12-16(13-19)26(23,24)20-8-6-17-7-9-20/h3-5,10,16-17H,6-9,11-13H2,1-2H3. The average Bonchev–Trinajstić information content (AvgIpc) is 2.58. The first kappa shape index (κ1) is 19.7. The molecule has 0 amide bonds. The largest absolute Gasteiger partial charge is 0.314 e. The molecule has 0 saturated carbocycles. The number of hydrogen-bond donors (Lipinski definition) is 1. The number of benzene rings is 1. The highest BCUT2D eigenvalue weighted by Gasteiger charge is 2.40. The average molecular weight is 403 g/mol. The van der Waals surface area contributed by atoms with Gasteiger partial charge in [-0.1, -0.05) is 12.1 Å². The Labute approximate surface area is 155 Å². The molecule has 2 heterocycles. The van der Waals surface area contributed by atoms with Crippen LogP contribution in [-0.2, 0) is 26.6 Å². The zero-order valence-corrected chi connectivity index (χ0v) is 16.8. The van der Waals surface area contributed by atoms with Gasteiger partial charge in [-0.25, -0.2) is 21.1 Å². The van der Waals surface area contributed by atoms with Crippen molar-refractivity contribution in [1.82, 2.24) is 18.8 Å². The van der Waals surface area contributed by atoms with Gasteiger partial charge in [0, 0.05) is 59.9 Å². The molecule has 26 heavy (non-hydrogen) atoms. The fraction of sp³-hybridized carbons (Fsp3) is 0.625. The summed E-state index contributed by atoms with van der Waals surface area (Å²) in [6.07, 6.45) is 0. The molecule has 1 N–H and O–H groups in total. The van der Waals surface area contributed by atoms with E-state index in [-0.39, 0.29) is 10.1 Å². The van der Waals surface area contributed by atoms with E-state index in [2.05, 4.69) is 5.32 Å². The summed E-state index contributed by atoms with van der Waals surface area (Å²) in [7, 11) is -3.70. The van der Waals surface area contributed by atoms with Gasteiger partial charge in [0.2, 0.25) is 20.0 Å². The molecule has 1 aromatic rings. The van der Waals surface area contributed by atoms with E-state index < -0.39 is 20.0 Å². The van der Waals surface area contributed by atoms with Crippen LogP contribution >= 0.6 is 0 Å². The first-order chi connectivity index (χ1) is 12.2. The van der Waals surface area contributed by atoms with E-state index in [1.807, 2.05) is 11.0 Å². The molecule has 3 rings (SSSR count). The number of rotatable bonds is 6. The highest BCUT2D eigenvalue weighted by atomic mass is 32.2. The summed E-state index contributed by atoms with van der Waals surface area (Å²) >= 11 is 0. The maximum absolute atomic E-state index is 12.6. The normalized spacial score (nSPS) is 21.0. The van der Waals surface area contributed by atoms with E-state index >= 15 is 0 Å². The van der Waals surface area contributed by atoms with Crippen LogP contribution in [0, 0.1) is 0 Å². The van der Waals surface area contributed by atoms with Crippen LogP contribution in [0.15, 0.2) is 29.2 Å². The highest BCUT2D eigenvalue weighted by Crippen LogP contribution is 2.23. The molecule has 0 aliphatic carbocycles. The lowest BCUT2D eigenvalue weighted by Crippen LogP contribution is -2.59. The van der Waals surface area contributed by atoms with Gasteiger partial charge in [0.25, 0.3) is 0 Å². The van der Waals surface area contributed by atoms with Crippen LogP contribution in [-0.4, -0.2) is 89.0 Å². The van der Waals surface area contributed by atoms with Gasteiger partial charge in [-0.2, -0.15) is 4.31 Å². The Hall–Kier alpha value is -1.04. The Kier molecular flexibility index (Phi) is 5.71. The lowest BCUT2D eigenvalue weighted by atomic mass is 10.1. The predicted octanol–water partition coefficient (Wildman–Crippen LogP) is -0.644. The summed E-state index contributed by atoms with van der Waals surface area (Å²) in [5, 5.41) is 2.79. The summed E-state index contributed by atoms with van der Waals surface area (Å²) in [4.78, 5) is 2.29. The quantitative estimate of drug-likeness (QED) is 0.681. The van der Waals surface area contributed by atoms with Crippen LogP contribution in [0.3, 0.4) is 0 Å². The minimum Gasteiger partial charge on any atom is -0.314 e. The number of piperazine rings is 1. The van der Waals surface area contributed by atoms with Crippen LogP contribution in [0.4, 0.5) is 0 Å². The summed E-state index contributed by atoms with van der Waals surface area (Å²) in [6, 6.07) is 6.83. The van der Waals surface area contributed by atoms with Crippen LogP contribution < -0.4 is 5.32 Å². The third-order valence-electron chi connectivity index (χ3n) is 4.86. The van der Waals surface area contributed by atoms with Crippen LogP contribution in [0.5, 0.6) is 0 Å². The van der Waals surface area contributed by atoms with Gasteiger partial charge in [0.1, 0.15) is 5.25 Å². The van der Waals surface area contributed by atoms with Crippen molar-refractivity contribution in [1.29, 1.82) is 0 Å². The molecule has 0 unspecified atom stereocenters. The van der Waals surface area contributed by atoms with Crippen molar-refractivity contribution in [2.45, 2.75) is 16.7 Å². The van der Waals surface area contributed by atoms with Crippen LogP contribution in [0.2, 0.25) is 0 Å². The zero-order chi connectivity index (χ0) is 18.9. The molecule has 0 bridgehead atoms. The van der Waals surface area contributed by atoms with Gasteiger partial charge in [-0.15, -0.1) is 0 Å². The summed E-state index contributed by atoms with van der Waals surface area (Å²) in [5.41, 5.74) is 0.867. The molecule has 2 saturated heterocycles. The fourth-order valence-corrected chi connectivity index (χ4v) is 6.11. The maximum Gasteiger partial charge on any atom is 0.242 e. The molecule has 10 heteroatoms. The Bertz CT molecular complexity index is 843. The lowest BCUT2D eigenvalue weighted by Gasteiger charge is -2.41. The van der Waals surface area contributed by atoms with E-state index in [0.717, 1.165) is 5.56 Å². The smallest absolute Gasteiger partial charge is 0.242 e. The van der Waals surface area contributed by atoms with E-state index in [0.29, 0.717) is 45.8 Å². The van der Waals surface area contributed by atoms with Crippen molar-refractivity contribution in [3.8, 4) is 0 Å². The topological polar surface area (TPSA) is 90.0 Å². The van der Waals surface area contributed by atoms with Crippen LogP contribution in [0.25, 0.3) is 0 Å². The SMILES string of the molecule is CN(C)S(=O)(=O)c1cccc(CN2CC(S(=O)(=O)N3CCNCC3)C2)c1. The molecule has 146 valence electrons. The van der Waals surface area contributed by atoms with E-state index in [9.17, 15) is 16.8 Å². The third kappa shape index (κ3) is 3.95. The second-order valence-corrected chi connectivity index (χ2v) is 11.3. The van der Waals surface area contributed by atoms with Crippen molar-refractivity contribution in [2.75, 3.05) is 53.4 Å². The van der Waals surface area contributed by atoms with Gasteiger partial charge in [-0.05, 0) is 17.7 Å². The molecule has 2 aliphatic rings. The summed E-state index contributed by atoms with van der Waals surface area (Å²) < 4.78 is 52.5. The molecular weight excluding hydrogens is 376 g/mol. The van der Waals surface area contributed by atoms with E-state index in [1.165, 1.54) is 18.4 Å². The Morgan fingerprint density at radius 2 is 1.77 bits per heavy atom. The predicted molar refractivity (Wildman–Crippen MR) is 99.7 cm³/mol. The molecule has 2 aliphatic heterocycles. The summed E-state index contributed by atoms with van der Waals surface area (Å²) in [5.74, 6) is 0. The molecular formula is C16H26N4O4S2. The van der Waals surface area contributed by atoms with Crippen molar-refractivity contribution in [3.63, 3.8) is 0 Å². The third-order valence-corrected chi connectivity index (χ3v) is 8.90. The van der Waals surface area contributed by atoms with Crippen molar-refractivity contribution in [2.24, 2.45) is 0 Å². The van der Waals surface area contributed by atoms with Crippen molar-refractivity contribution in [3.05, 3.63) is 29.8 Å². The second-order valence-electron chi connectivity index (χ2n) is 6.94. The first-order valence-electron chi connectivity index (χ1n) is 8.65. The minimum absolute atomic E-state index is 0.255. The molecule has 0 radical (unpaired) electrons. The second kappa shape index (κ2) is 7.53. The fourth-order valence-electron chi connectivity index (χ4n) is 3.22. The van der Waals surface area contributed by atoms with Gasteiger partial charge in [0.05, 0.1) is 4.90 Å². The van der Waals surface area contributed by atoms with Crippen LogP contribution in [0.1, 0.15) is 5.56 Å². The highest BCUT2D eigenvalue weighted by molar-refractivity contribution is 7.90. The number of nitrogens with zero attached hydrogens (tertiary/aromatic N) is 3. The van der Waals surface area contributed by atoms with E-state index in [4.69, 9.17) is 0 Å². The number of sulfonamides is 2. The van der Waals surface area contributed by atoms with Gasteiger partial charge in [0.15, 0.2) is 0 Å². The molecule has 0 atom stereocenters. The Morgan fingerprint density at radius 3 is 2.38 bits per heavy atom. The number of nitrogens with one attached hydrogen (secondary N) is 1. The zero-order valence-electron chi connectivity index (χ0n) is 15.1. The van der Waals surface area contributed by atoms with E-state index in [1.54, 1.807) is 22.5 Å². The van der Waals surface area contributed by atoms with Gasteiger partial charge < -0.3 is 5.32 Å². The maximum atomic E-state index is 12.6. The Morgan fingerprint density at radius 1 is 1.12 bits per heavy atom. The number of likely N-dealkylation sites (tertiary alicyclic amines) is 1. The lowest BCUT2D eigenvalue weighted by molar-refractivity contribution is 0.170. The molecule has 0 aromatic heterocycles. The first-order valence-corrected chi connectivity index (χ1v) is 11.6.